The van der Waals surface area contributed by atoms with Gasteiger partial charge in [-0.1, -0.05) is 35.0 Å². The lowest BCUT2D eigenvalue weighted by Crippen LogP contribution is -2.15. The van der Waals surface area contributed by atoms with Gasteiger partial charge in [-0.2, -0.15) is 0 Å². The van der Waals surface area contributed by atoms with Crippen LogP contribution in [0.15, 0.2) is 42.5 Å². The Labute approximate surface area is 141 Å². The molecular weight excluding hydrogens is 300 g/mol. The molecule has 1 heterocycles. The SMILES string of the molecule is Cc1cccc(-n2nnc(C(=O)Nc3ccc(C)cc3C)c2C)c1. The van der Waals surface area contributed by atoms with E-state index in [-0.39, 0.29) is 5.91 Å². The van der Waals surface area contributed by atoms with Crippen LogP contribution in [0.3, 0.4) is 0 Å². The van der Waals surface area contributed by atoms with E-state index in [1.54, 1.807) is 4.68 Å². The number of anilines is 1. The Morgan fingerprint density at radius 2 is 1.75 bits per heavy atom. The van der Waals surface area contributed by atoms with Crippen molar-refractivity contribution in [2.45, 2.75) is 27.7 Å². The zero-order chi connectivity index (χ0) is 17.3. The van der Waals surface area contributed by atoms with Crippen molar-refractivity contribution in [1.29, 1.82) is 0 Å². The second-order valence-electron chi connectivity index (χ2n) is 6.05. The highest BCUT2D eigenvalue weighted by atomic mass is 16.2. The fourth-order valence-corrected chi connectivity index (χ4v) is 2.68. The van der Waals surface area contributed by atoms with E-state index in [4.69, 9.17) is 0 Å². The second-order valence-corrected chi connectivity index (χ2v) is 6.05. The number of benzene rings is 2. The van der Waals surface area contributed by atoms with Crippen LogP contribution >= 0.6 is 0 Å². The molecule has 3 rings (SSSR count). The number of nitrogens with zero attached hydrogens (tertiary/aromatic N) is 3. The first-order chi connectivity index (χ1) is 11.5. The van der Waals surface area contributed by atoms with Gasteiger partial charge in [-0.3, -0.25) is 4.79 Å². The van der Waals surface area contributed by atoms with E-state index < -0.39 is 0 Å². The zero-order valence-corrected chi connectivity index (χ0v) is 14.3. The molecule has 0 aliphatic heterocycles. The molecule has 0 fully saturated rings. The quantitative estimate of drug-likeness (QED) is 0.799. The van der Waals surface area contributed by atoms with Gasteiger partial charge in [0.05, 0.1) is 11.4 Å². The molecule has 0 bridgehead atoms. The van der Waals surface area contributed by atoms with E-state index in [2.05, 4.69) is 15.6 Å². The third kappa shape index (κ3) is 3.06. The first-order valence-corrected chi connectivity index (χ1v) is 7.83. The number of carbonyl (C=O) groups is 1. The largest absolute Gasteiger partial charge is 0.320 e. The minimum Gasteiger partial charge on any atom is -0.320 e. The predicted octanol–water partition coefficient (Wildman–Crippen LogP) is 3.75. The minimum atomic E-state index is -0.252. The summed E-state index contributed by atoms with van der Waals surface area (Å²) in [6, 6.07) is 13.8. The third-order valence-corrected chi connectivity index (χ3v) is 3.99. The Bertz CT molecular complexity index is 911. The van der Waals surface area contributed by atoms with Crippen molar-refractivity contribution in [2.24, 2.45) is 0 Å². The normalized spacial score (nSPS) is 10.7. The van der Waals surface area contributed by atoms with E-state index in [0.29, 0.717) is 11.4 Å². The number of aromatic nitrogens is 3. The number of hydrogen-bond acceptors (Lipinski definition) is 3. The highest BCUT2D eigenvalue weighted by Gasteiger charge is 2.18. The van der Waals surface area contributed by atoms with E-state index in [0.717, 1.165) is 28.1 Å². The van der Waals surface area contributed by atoms with Crippen LogP contribution in [-0.4, -0.2) is 20.9 Å². The van der Waals surface area contributed by atoms with Gasteiger partial charge in [0.25, 0.3) is 5.91 Å². The molecule has 0 atom stereocenters. The summed E-state index contributed by atoms with van der Waals surface area (Å²) in [6.07, 6.45) is 0. The first-order valence-electron chi connectivity index (χ1n) is 7.83. The summed E-state index contributed by atoms with van der Waals surface area (Å²) in [5.74, 6) is -0.252. The molecule has 1 aromatic heterocycles. The van der Waals surface area contributed by atoms with Crippen molar-refractivity contribution in [1.82, 2.24) is 15.0 Å². The van der Waals surface area contributed by atoms with Crippen molar-refractivity contribution in [3.63, 3.8) is 0 Å². The molecular formula is C19H20N4O. The van der Waals surface area contributed by atoms with Crippen molar-refractivity contribution < 1.29 is 4.79 Å². The molecule has 2 aromatic carbocycles. The number of rotatable bonds is 3. The van der Waals surface area contributed by atoms with Crippen molar-refractivity contribution in [3.8, 4) is 5.69 Å². The molecule has 0 aliphatic rings. The summed E-state index contributed by atoms with van der Waals surface area (Å²) >= 11 is 0. The van der Waals surface area contributed by atoms with Crippen LogP contribution in [0.4, 0.5) is 5.69 Å². The van der Waals surface area contributed by atoms with Gasteiger partial charge in [-0.15, -0.1) is 5.10 Å². The Kier molecular flexibility index (Phi) is 4.16. The van der Waals surface area contributed by atoms with Crippen molar-refractivity contribution >= 4 is 11.6 Å². The molecule has 24 heavy (non-hydrogen) atoms. The smallest absolute Gasteiger partial charge is 0.278 e. The van der Waals surface area contributed by atoms with Gasteiger partial charge >= 0.3 is 0 Å². The Morgan fingerprint density at radius 3 is 2.46 bits per heavy atom. The van der Waals surface area contributed by atoms with Crippen molar-refractivity contribution in [3.05, 3.63) is 70.5 Å². The molecule has 1 amide bonds. The molecule has 122 valence electrons. The van der Waals surface area contributed by atoms with Crippen LogP contribution in [0.5, 0.6) is 0 Å². The van der Waals surface area contributed by atoms with Crippen LogP contribution in [0, 0.1) is 27.7 Å². The summed E-state index contributed by atoms with van der Waals surface area (Å²) in [4.78, 5) is 12.6. The Morgan fingerprint density at radius 1 is 1.00 bits per heavy atom. The Hall–Kier alpha value is -2.95. The maximum atomic E-state index is 12.6. The highest BCUT2D eigenvalue weighted by molar-refractivity contribution is 6.04. The summed E-state index contributed by atoms with van der Waals surface area (Å²) in [6.45, 7) is 7.86. The van der Waals surface area contributed by atoms with E-state index in [1.165, 1.54) is 0 Å². The van der Waals surface area contributed by atoms with Crippen LogP contribution in [0.1, 0.15) is 32.9 Å². The molecule has 0 radical (unpaired) electrons. The second kappa shape index (κ2) is 6.28. The predicted molar refractivity (Wildman–Crippen MR) is 94.7 cm³/mol. The zero-order valence-electron chi connectivity index (χ0n) is 14.3. The molecule has 0 saturated heterocycles. The maximum absolute atomic E-state index is 12.6. The monoisotopic (exact) mass is 320 g/mol. The summed E-state index contributed by atoms with van der Waals surface area (Å²) in [7, 11) is 0. The van der Waals surface area contributed by atoms with Gasteiger partial charge in [0.15, 0.2) is 5.69 Å². The van der Waals surface area contributed by atoms with Crippen LogP contribution < -0.4 is 5.32 Å². The topological polar surface area (TPSA) is 59.8 Å². The summed E-state index contributed by atoms with van der Waals surface area (Å²) in [5, 5.41) is 11.1. The van der Waals surface area contributed by atoms with E-state index >= 15 is 0 Å². The fraction of sp³-hybridized carbons (Fsp3) is 0.211. The number of hydrogen-bond donors (Lipinski definition) is 1. The Balaban J connectivity index is 1.89. The summed E-state index contributed by atoms with van der Waals surface area (Å²) in [5.41, 5.74) is 6.03. The molecule has 5 nitrogen and oxygen atoms in total. The number of aryl methyl sites for hydroxylation is 3. The lowest BCUT2D eigenvalue weighted by Gasteiger charge is -2.08. The molecule has 5 heteroatoms. The molecule has 0 spiro atoms. The number of amides is 1. The van der Waals surface area contributed by atoms with Crippen LogP contribution in [0.25, 0.3) is 5.69 Å². The highest BCUT2D eigenvalue weighted by Crippen LogP contribution is 2.18. The van der Waals surface area contributed by atoms with E-state index in [1.807, 2.05) is 70.2 Å². The molecule has 1 N–H and O–H groups in total. The first kappa shape index (κ1) is 15.9. The maximum Gasteiger partial charge on any atom is 0.278 e. The lowest BCUT2D eigenvalue weighted by molar-refractivity contribution is 0.102. The van der Waals surface area contributed by atoms with Crippen LogP contribution in [-0.2, 0) is 0 Å². The number of carbonyl (C=O) groups excluding carboxylic acids is 1. The lowest BCUT2D eigenvalue weighted by atomic mass is 10.1. The molecule has 3 aromatic rings. The van der Waals surface area contributed by atoms with E-state index in [9.17, 15) is 4.79 Å². The molecule has 0 aliphatic carbocycles. The minimum absolute atomic E-state index is 0.252. The average Bonchev–Trinajstić information content (AvgIpc) is 2.92. The standard InChI is InChI=1S/C19H20N4O/c1-12-6-5-7-16(11-12)23-15(4)18(21-22-23)19(24)20-17-9-8-13(2)10-14(17)3/h5-11H,1-4H3,(H,20,24). The van der Waals surface area contributed by atoms with Gasteiger partial charge in [0, 0.05) is 5.69 Å². The number of nitrogens with one attached hydrogen (secondary N) is 1. The van der Waals surface area contributed by atoms with Crippen molar-refractivity contribution in [2.75, 3.05) is 5.32 Å². The van der Waals surface area contributed by atoms with Gasteiger partial charge in [-0.05, 0) is 57.0 Å². The van der Waals surface area contributed by atoms with Gasteiger partial charge in [0.2, 0.25) is 0 Å². The fourth-order valence-electron chi connectivity index (χ4n) is 2.68. The van der Waals surface area contributed by atoms with Gasteiger partial charge in [-0.25, -0.2) is 4.68 Å². The van der Waals surface area contributed by atoms with Gasteiger partial charge in [0.1, 0.15) is 0 Å². The summed E-state index contributed by atoms with van der Waals surface area (Å²) < 4.78 is 1.68. The van der Waals surface area contributed by atoms with Gasteiger partial charge < -0.3 is 5.32 Å². The molecule has 0 unspecified atom stereocenters. The average molecular weight is 320 g/mol. The third-order valence-electron chi connectivity index (χ3n) is 3.99. The van der Waals surface area contributed by atoms with Crippen LogP contribution in [0.2, 0.25) is 0 Å². The molecule has 0 saturated carbocycles.